The van der Waals surface area contributed by atoms with Crippen LogP contribution < -0.4 is 16.2 Å². The number of aliphatic carboxylic acids is 1. The summed E-state index contributed by atoms with van der Waals surface area (Å²) in [5, 5.41) is 12.6. The van der Waals surface area contributed by atoms with Crippen LogP contribution in [0.4, 0.5) is 5.69 Å². The number of hydrazine groups is 1. The summed E-state index contributed by atoms with van der Waals surface area (Å²) in [6, 6.07) is 18.0. The van der Waals surface area contributed by atoms with E-state index in [4.69, 9.17) is 9.47 Å². The van der Waals surface area contributed by atoms with Crippen LogP contribution in [0.2, 0.25) is 0 Å². The molecule has 12 nitrogen and oxygen atoms in total. The molecule has 0 unspecified atom stereocenters. The lowest BCUT2D eigenvalue weighted by Gasteiger charge is -2.23. The number of anilines is 1. The van der Waals surface area contributed by atoms with Gasteiger partial charge in [0, 0.05) is 16.7 Å². The van der Waals surface area contributed by atoms with E-state index in [-0.39, 0.29) is 22.6 Å². The van der Waals surface area contributed by atoms with Gasteiger partial charge in [0.2, 0.25) is 18.1 Å². The lowest BCUT2D eigenvalue weighted by atomic mass is 9.95. The zero-order valence-corrected chi connectivity index (χ0v) is 24.8. The van der Waals surface area contributed by atoms with Crippen LogP contribution in [0.15, 0.2) is 72.8 Å². The highest BCUT2D eigenvalue weighted by atomic mass is 16.6. The first kappa shape index (κ1) is 33.0. The topological polar surface area (TPSA) is 177 Å². The van der Waals surface area contributed by atoms with Gasteiger partial charge in [-0.2, -0.15) is 0 Å². The minimum absolute atomic E-state index is 0.0101. The second-order valence-corrected chi connectivity index (χ2v) is 11.0. The van der Waals surface area contributed by atoms with E-state index < -0.39 is 47.3 Å². The molecular weight excluding hydrogens is 570 g/mol. The van der Waals surface area contributed by atoms with Crippen molar-refractivity contribution < 1.29 is 43.3 Å². The molecule has 0 spiro atoms. The number of carboxylic acid groups (broad SMARTS) is 1. The molecule has 44 heavy (non-hydrogen) atoms. The fraction of sp³-hybridized carbons (Fsp3) is 0.250. The number of hydrogen-bond donors (Lipinski definition) is 4. The molecule has 0 saturated carbocycles. The molecule has 0 aliphatic carbocycles. The van der Waals surface area contributed by atoms with E-state index in [1.807, 2.05) is 5.43 Å². The van der Waals surface area contributed by atoms with Crippen molar-refractivity contribution in [3.05, 3.63) is 101 Å². The molecule has 3 amide bonds. The van der Waals surface area contributed by atoms with Crippen molar-refractivity contribution in [1.82, 2.24) is 10.9 Å². The minimum atomic E-state index is -2.28. The smallest absolute Gasteiger partial charge is 0.349 e. The summed E-state index contributed by atoms with van der Waals surface area (Å²) in [6.45, 7) is 8.67. The van der Waals surface area contributed by atoms with Crippen LogP contribution >= 0.6 is 0 Å². The summed E-state index contributed by atoms with van der Waals surface area (Å²) in [7, 11) is 0. The van der Waals surface area contributed by atoms with Crippen LogP contribution in [-0.4, -0.2) is 52.9 Å². The SMILES string of the molecule is Cc1cccc(C(=O)O[C@H](C(=O)NNC(=O)c2ccc(NC(=O)C(C)(C)C)cc2)[C@@H](OC(=O)c2cccc(C)c2)C(=O)O)c1. The van der Waals surface area contributed by atoms with Crippen LogP contribution in [0.1, 0.15) is 63.0 Å². The number of carbonyl (C=O) groups is 6. The van der Waals surface area contributed by atoms with Gasteiger partial charge in [0.05, 0.1) is 11.1 Å². The lowest BCUT2D eigenvalue weighted by Crippen LogP contribution is -2.54. The maximum Gasteiger partial charge on any atom is 0.349 e. The number of esters is 2. The first-order valence-electron chi connectivity index (χ1n) is 13.5. The third-order valence-corrected chi connectivity index (χ3v) is 6.14. The number of ether oxygens (including phenoxy) is 2. The van der Waals surface area contributed by atoms with Gasteiger partial charge in [-0.1, -0.05) is 56.2 Å². The zero-order chi connectivity index (χ0) is 32.6. The summed E-state index contributed by atoms with van der Waals surface area (Å²) in [5.41, 5.74) is 5.44. The molecule has 230 valence electrons. The second-order valence-electron chi connectivity index (χ2n) is 11.0. The number of benzene rings is 3. The van der Waals surface area contributed by atoms with Crippen LogP contribution in [-0.2, 0) is 23.9 Å². The lowest BCUT2D eigenvalue weighted by molar-refractivity contribution is -0.159. The van der Waals surface area contributed by atoms with Crippen LogP contribution in [0.25, 0.3) is 0 Å². The molecule has 3 aromatic carbocycles. The highest BCUT2D eigenvalue weighted by molar-refractivity contribution is 6.00. The second kappa shape index (κ2) is 14.1. The van der Waals surface area contributed by atoms with E-state index in [1.165, 1.54) is 48.5 Å². The molecule has 0 aliphatic rings. The van der Waals surface area contributed by atoms with Crippen molar-refractivity contribution >= 4 is 41.3 Å². The van der Waals surface area contributed by atoms with E-state index in [2.05, 4.69) is 10.7 Å². The van der Waals surface area contributed by atoms with E-state index in [1.54, 1.807) is 58.9 Å². The highest BCUT2D eigenvalue weighted by Crippen LogP contribution is 2.18. The molecule has 12 heteroatoms. The zero-order valence-electron chi connectivity index (χ0n) is 24.8. The van der Waals surface area contributed by atoms with Crippen molar-refractivity contribution in [3.8, 4) is 0 Å². The fourth-order valence-electron chi connectivity index (χ4n) is 3.69. The molecule has 0 radical (unpaired) electrons. The number of hydrogen-bond acceptors (Lipinski definition) is 8. The first-order chi connectivity index (χ1) is 20.6. The Morgan fingerprint density at radius 3 is 1.64 bits per heavy atom. The molecule has 0 fully saturated rings. The van der Waals surface area contributed by atoms with E-state index in [0.717, 1.165) is 0 Å². The average molecular weight is 604 g/mol. The number of carbonyl (C=O) groups excluding carboxylic acids is 5. The van der Waals surface area contributed by atoms with Crippen molar-refractivity contribution in [3.63, 3.8) is 0 Å². The van der Waals surface area contributed by atoms with Crippen molar-refractivity contribution in [1.29, 1.82) is 0 Å². The molecule has 0 aromatic heterocycles. The highest BCUT2D eigenvalue weighted by Gasteiger charge is 2.41. The summed E-state index contributed by atoms with van der Waals surface area (Å²) < 4.78 is 10.4. The number of carboxylic acids is 1. The van der Waals surface area contributed by atoms with Gasteiger partial charge in [-0.15, -0.1) is 0 Å². The third-order valence-electron chi connectivity index (χ3n) is 6.14. The Labute approximate surface area is 253 Å². The predicted molar refractivity (Wildman–Crippen MR) is 159 cm³/mol. The maximum absolute atomic E-state index is 13.2. The van der Waals surface area contributed by atoms with Crippen LogP contribution in [0.5, 0.6) is 0 Å². The third kappa shape index (κ3) is 8.99. The van der Waals surface area contributed by atoms with Gasteiger partial charge in [0.1, 0.15) is 0 Å². The molecule has 0 saturated heterocycles. The van der Waals surface area contributed by atoms with Gasteiger partial charge < -0.3 is 19.9 Å². The largest absolute Gasteiger partial charge is 0.478 e. The van der Waals surface area contributed by atoms with Crippen LogP contribution in [0.3, 0.4) is 0 Å². The molecule has 2 atom stereocenters. The quantitative estimate of drug-likeness (QED) is 0.210. The first-order valence-corrected chi connectivity index (χ1v) is 13.5. The van der Waals surface area contributed by atoms with Crippen LogP contribution in [0, 0.1) is 19.3 Å². The Morgan fingerprint density at radius 1 is 0.682 bits per heavy atom. The number of amides is 3. The van der Waals surface area contributed by atoms with Gasteiger partial charge in [-0.3, -0.25) is 25.2 Å². The van der Waals surface area contributed by atoms with Crippen molar-refractivity contribution in [2.45, 2.75) is 46.8 Å². The van der Waals surface area contributed by atoms with E-state index >= 15 is 0 Å². The predicted octanol–water partition coefficient (Wildman–Crippen LogP) is 3.58. The average Bonchev–Trinajstić information content (AvgIpc) is 2.97. The molecule has 3 rings (SSSR count). The summed E-state index contributed by atoms with van der Waals surface area (Å²) in [5.74, 6) is -6.23. The summed E-state index contributed by atoms with van der Waals surface area (Å²) >= 11 is 0. The van der Waals surface area contributed by atoms with Gasteiger partial charge in [-0.25, -0.2) is 14.4 Å². The standard InChI is InChI=1S/C32H33N3O9/c1-18-8-6-10-21(16-18)29(40)43-24(25(28(38)39)44-30(41)22-11-7-9-19(2)17-22)27(37)35-34-26(36)20-12-14-23(15-13-20)33-31(42)32(3,4)5/h6-17,24-25H,1-5H3,(H,33,42)(H,34,36)(H,35,37)(H,38,39)/t24-,25+/m0/s1. The Morgan fingerprint density at radius 2 is 1.18 bits per heavy atom. The minimum Gasteiger partial charge on any atom is -0.478 e. The number of rotatable bonds is 9. The Balaban J connectivity index is 1.80. The van der Waals surface area contributed by atoms with Gasteiger partial charge in [0.25, 0.3) is 11.8 Å². The molecule has 0 aliphatic heterocycles. The molecule has 3 aromatic rings. The summed E-state index contributed by atoms with van der Waals surface area (Å²) in [4.78, 5) is 76.0. The fourth-order valence-corrected chi connectivity index (χ4v) is 3.69. The Bertz CT molecular complexity index is 1580. The molecule has 0 heterocycles. The van der Waals surface area contributed by atoms with Gasteiger partial charge >= 0.3 is 17.9 Å². The van der Waals surface area contributed by atoms with Crippen molar-refractivity contribution in [2.24, 2.45) is 5.41 Å². The Kier molecular flexibility index (Phi) is 10.6. The van der Waals surface area contributed by atoms with Gasteiger partial charge in [-0.05, 0) is 62.4 Å². The van der Waals surface area contributed by atoms with Gasteiger partial charge in [0.15, 0.2) is 0 Å². The molecule has 0 bridgehead atoms. The summed E-state index contributed by atoms with van der Waals surface area (Å²) in [6.07, 6.45) is -4.48. The van der Waals surface area contributed by atoms with E-state index in [9.17, 15) is 33.9 Å². The maximum atomic E-state index is 13.2. The van der Waals surface area contributed by atoms with Crippen molar-refractivity contribution in [2.75, 3.05) is 5.32 Å². The molecule has 4 N–H and O–H groups in total. The monoisotopic (exact) mass is 603 g/mol. The normalized spacial score (nSPS) is 12.2. The number of nitrogens with one attached hydrogen (secondary N) is 3. The number of aryl methyl sites for hydroxylation is 2. The molecular formula is C32H33N3O9. The Hall–Kier alpha value is -5.52. The van der Waals surface area contributed by atoms with E-state index in [0.29, 0.717) is 16.8 Å².